The molecule has 6 heteroatoms. The molecule has 0 radical (unpaired) electrons. The number of nitrogens with two attached hydrogens (primary N) is 1. The zero-order valence-corrected chi connectivity index (χ0v) is 10.2. The van der Waals surface area contributed by atoms with Crippen molar-refractivity contribution < 1.29 is 9.53 Å². The van der Waals surface area contributed by atoms with Gasteiger partial charge in [-0.2, -0.15) is 0 Å². The molecule has 0 saturated heterocycles. The van der Waals surface area contributed by atoms with Crippen molar-refractivity contribution in [3.05, 3.63) is 22.2 Å². The molecule has 84 valence electrons. The van der Waals surface area contributed by atoms with Crippen LogP contribution in [0.3, 0.4) is 0 Å². The summed E-state index contributed by atoms with van der Waals surface area (Å²) in [5, 5.41) is 0. The van der Waals surface area contributed by atoms with Crippen LogP contribution in [0.4, 0.5) is 5.95 Å². The third-order valence-corrected chi connectivity index (χ3v) is 2.76. The van der Waals surface area contributed by atoms with E-state index in [4.69, 9.17) is 10.5 Å². The normalized spacial score (nSPS) is 10.6. The second kappa shape index (κ2) is 4.13. The quantitative estimate of drug-likeness (QED) is 0.827. The van der Waals surface area contributed by atoms with Crippen LogP contribution >= 0.6 is 15.9 Å². The summed E-state index contributed by atoms with van der Waals surface area (Å²) in [6.07, 6.45) is 0. The van der Waals surface area contributed by atoms with Crippen molar-refractivity contribution in [2.24, 2.45) is 0 Å². The Hall–Kier alpha value is -1.56. The van der Waals surface area contributed by atoms with E-state index < -0.39 is 5.97 Å². The Bertz CT molecular complexity index is 550. The van der Waals surface area contributed by atoms with E-state index in [1.54, 1.807) is 19.1 Å². The van der Waals surface area contributed by atoms with Gasteiger partial charge in [-0.25, -0.2) is 9.78 Å². The Balaban J connectivity index is 2.65. The van der Waals surface area contributed by atoms with Crippen molar-refractivity contribution in [3.63, 3.8) is 0 Å². The zero-order valence-electron chi connectivity index (χ0n) is 8.58. The lowest BCUT2D eigenvalue weighted by Crippen LogP contribution is -2.06. The predicted octanol–water partition coefficient (Wildman–Crippen LogP) is 2.08. The number of halogens is 1. The Labute approximate surface area is 100 Å². The number of nitrogen functional groups attached to an aromatic ring is 1. The Morgan fingerprint density at radius 3 is 3.06 bits per heavy atom. The zero-order chi connectivity index (χ0) is 11.7. The van der Waals surface area contributed by atoms with Crippen LogP contribution in [0.15, 0.2) is 16.6 Å². The highest BCUT2D eigenvalue weighted by Crippen LogP contribution is 2.26. The molecule has 0 saturated carbocycles. The van der Waals surface area contributed by atoms with Gasteiger partial charge in [0.2, 0.25) is 0 Å². The number of aromatic amines is 1. The van der Waals surface area contributed by atoms with Crippen LogP contribution in [0.5, 0.6) is 0 Å². The molecule has 0 atom stereocenters. The number of esters is 1. The van der Waals surface area contributed by atoms with Gasteiger partial charge >= 0.3 is 5.97 Å². The summed E-state index contributed by atoms with van der Waals surface area (Å²) in [6, 6.07) is 3.55. The number of carbonyl (C=O) groups excluding carboxylic acids is 1. The van der Waals surface area contributed by atoms with Crippen LogP contribution in [-0.4, -0.2) is 22.5 Å². The number of rotatable bonds is 2. The molecule has 1 aromatic heterocycles. The van der Waals surface area contributed by atoms with E-state index in [1.165, 1.54) is 0 Å². The number of fused-ring (bicyclic) bond motifs is 1. The van der Waals surface area contributed by atoms with Gasteiger partial charge in [0, 0.05) is 4.47 Å². The van der Waals surface area contributed by atoms with Gasteiger partial charge in [-0.3, -0.25) is 0 Å². The van der Waals surface area contributed by atoms with E-state index in [1.807, 2.05) is 0 Å². The molecule has 0 bridgehead atoms. The number of anilines is 1. The van der Waals surface area contributed by atoms with Crippen molar-refractivity contribution in [1.82, 2.24) is 9.97 Å². The Kier molecular flexibility index (Phi) is 2.82. The molecular formula is C10H10BrN3O2. The molecule has 3 N–H and O–H groups in total. The smallest absolute Gasteiger partial charge is 0.341 e. The molecule has 0 aliphatic rings. The monoisotopic (exact) mass is 283 g/mol. The number of imidazole rings is 1. The number of benzene rings is 1. The number of hydrogen-bond donors (Lipinski definition) is 2. The van der Waals surface area contributed by atoms with Crippen molar-refractivity contribution in [2.45, 2.75) is 6.92 Å². The molecule has 1 aromatic carbocycles. The maximum absolute atomic E-state index is 11.7. The van der Waals surface area contributed by atoms with Gasteiger partial charge in [-0.15, -0.1) is 0 Å². The standard InChI is InChI=1S/C10H10BrN3O2/c1-2-16-9(15)7-5(11)3-4-6-8(7)14-10(12)13-6/h3-4H,2H2,1H3,(H3,12,13,14). The van der Waals surface area contributed by atoms with Gasteiger partial charge in [0.1, 0.15) is 11.1 Å². The lowest BCUT2D eigenvalue weighted by Gasteiger charge is -2.04. The van der Waals surface area contributed by atoms with E-state index in [-0.39, 0.29) is 5.95 Å². The third-order valence-electron chi connectivity index (χ3n) is 2.10. The lowest BCUT2D eigenvalue weighted by molar-refractivity contribution is 0.0527. The fraction of sp³-hybridized carbons (Fsp3) is 0.200. The summed E-state index contributed by atoms with van der Waals surface area (Å²) in [4.78, 5) is 18.7. The highest BCUT2D eigenvalue weighted by molar-refractivity contribution is 9.10. The molecular weight excluding hydrogens is 274 g/mol. The number of ether oxygens (including phenoxy) is 1. The minimum atomic E-state index is -0.411. The fourth-order valence-corrected chi connectivity index (χ4v) is 1.95. The van der Waals surface area contributed by atoms with Crippen LogP contribution in [0.1, 0.15) is 17.3 Å². The molecule has 0 aliphatic carbocycles. The highest BCUT2D eigenvalue weighted by atomic mass is 79.9. The van der Waals surface area contributed by atoms with E-state index >= 15 is 0 Å². The maximum atomic E-state index is 11.7. The van der Waals surface area contributed by atoms with Crippen molar-refractivity contribution in [3.8, 4) is 0 Å². The summed E-state index contributed by atoms with van der Waals surface area (Å²) >= 11 is 3.30. The fourth-order valence-electron chi connectivity index (χ4n) is 1.47. The van der Waals surface area contributed by atoms with Crippen LogP contribution in [0, 0.1) is 0 Å². The Morgan fingerprint density at radius 1 is 1.62 bits per heavy atom. The number of carbonyl (C=O) groups is 1. The first-order valence-electron chi connectivity index (χ1n) is 4.74. The third kappa shape index (κ3) is 1.76. The SMILES string of the molecule is CCOC(=O)c1c(Br)ccc2[nH]c(N)nc12. The van der Waals surface area contributed by atoms with E-state index in [0.29, 0.717) is 27.7 Å². The lowest BCUT2D eigenvalue weighted by atomic mass is 10.2. The number of nitrogens with zero attached hydrogens (tertiary/aromatic N) is 1. The highest BCUT2D eigenvalue weighted by Gasteiger charge is 2.17. The van der Waals surface area contributed by atoms with Crippen molar-refractivity contribution in [2.75, 3.05) is 12.3 Å². The van der Waals surface area contributed by atoms with Crippen LogP contribution in [0.2, 0.25) is 0 Å². The summed E-state index contributed by atoms with van der Waals surface area (Å²) in [5.74, 6) is -0.134. The Morgan fingerprint density at radius 2 is 2.38 bits per heavy atom. The minimum Gasteiger partial charge on any atom is -0.462 e. The number of H-pyrrole nitrogens is 1. The average Bonchev–Trinajstić information content (AvgIpc) is 2.58. The molecule has 0 spiro atoms. The largest absolute Gasteiger partial charge is 0.462 e. The van der Waals surface area contributed by atoms with Crippen molar-refractivity contribution in [1.29, 1.82) is 0 Å². The summed E-state index contributed by atoms with van der Waals surface area (Å²) in [6.45, 7) is 2.08. The molecule has 2 aromatic rings. The van der Waals surface area contributed by atoms with Crippen LogP contribution in [0.25, 0.3) is 11.0 Å². The van der Waals surface area contributed by atoms with E-state index in [0.717, 1.165) is 0 Å². The molecule has 0 unspecified atom stereocenters. The first kappa shape index (κ1) is 10.9. The second-order valence-electron chi connectivity index (χ2n) is 3.16. The minimum absolute atomic E-state index is 0.277. The van der Waals surface area contributed by atoms with E-state index in [9.17, 15) is 4.79 Å². The van der Waals surface area contributed by atoms with Gasteiger partial charge in [0.15, 0.2) is 5.95 Å². The van der Waals surface area contributed by atoms with Gasteiger partial charge in [0.05, 0.1) is 12.1 Å². The van der Waals surface area contributed by atoms with Gasteiger partial charge in [0.25, 0.3) is 0 Å². The van der Waals surface area contributed by atoms with Gasteiger partial charge < -0.3 is 15.5 Å². The summed E-state index contributed by atoms with van der Waals surface area (Å²) < 4.78 is 5.61. The molecule has 2 rings (SSSR count). The number of hydrogen-bond acceptors (Lipinski definition) is 4. The summed E-state index contributed by atoms with van der Waals surface area (Å²) in [5.41, 5.74) is 7.18. The van der Waals surface area contributed by atoms with E-state index in [2.05, 4.69) is 25.9 Å². The molecule has 1 heterocycles. The molecule has 0 fully saturated rings. The first-order valence-corrected chi connectivity index (χ1v) is 5.53. The number of nitrogens with one attached hydrogen (secondary N) is 1. The van der Waals surface area contributed by atoms with Gasteiger partial charge in [-0.05, 0) is 35.0 Å². The van der Waals surface area contributed by atoms with Crippen LogP contribution < -0.4 is 5.73 Å². The average molecular weight is 284 g/mol. The maximum Gasteiger partial charge on any atom is 0.341 e. The number of aromatic nitrogens is 2. The van der Waals surface area contributed by atoms with Crippen molar-refractivity contribution >= 4 is 38.9 Å². The topological polar surface area (TPSA) is 81.0 Å². The van der Waals surface area contributed by atoms with Gasteiger partial charge in [-0.1, -0.05) is 0 Å². The first-order chi connectivity index (χ1) is 7.63. The van der Waals surface area contributed by atoms with Crippen LogP contribution in [-0.2, 0) is 4.74 Å². The molecule has 5 nitrogen and oxygen atoms in total. The second-order valence-corrected chi connectivity index (χ2v) is 4.02. The molecule has 0 aliphatic heterocycles. The predicted molar refractivity (Wildman–Crippen MR) is 64.2 cm³/mol. The summed E-state index contributed by atoms with van der Waals surface area (Å²) in [7, 11) is 0. The molecule has 16 heavy (non-hydrogen) atoms. The molecule has 0 amide bonds.